The molecule has 38 heteroatoms. The maximum Gasteiger partial charge on any atom is 0.410 e. The Labute approximate surface area is 698 Å². The van der Waals surface area contributed by atoms with Gasteiger partial charge in [-0.05, 0) is 117 Å². The van der Waals surface area contributed by atoms with Crippen LogP contribution in [0.1, 0.15) is 205 Å². The first kappa shape index (κ1) is 124. The Hall–Kier alpha value is -3.35. The van der Waals surface area contributed by atoms with Crippen molar-refractivity contribution in [2.75, 3.05) is 187 Å². The maximum atomic E-state index is 12.5. The number of ether oxygens (including phenoxy) is 3. The highest BCUT2D eigenvalue weighted by atomic mass is 16.6. The molecule has 0 heterocycles. The summed E-state index contributed by atoms with van der Waals surface area (Å²) >= 11 is 0. The lowest BCUT2D eigenvalue weighted by atomic mass is 9.99. The number of nitrogens with one attached hydrogen (secondary N) is 1. The fourth-order valence-corrected chi connectivity index (χ4v) is 10.8. The van der Waals surface area contributed by atoms with Gasteiger partial charge >= 0.3 is 18.3 Å². The summed E-state index contributed by atoms with van der Waals surface area (Å²) in [5, 5.41) is 234. The number of carbonyl (C=O) groups is 3. The summed E-state index contributed by atoms with van der Waals surface area (Å²) in [4.78, 5) is 45.0. The van der Waals surface area contributed by atoms with E-state index in [4.69, 9.17) is 50.0 Å². The number of unbranched alkanes of at least 4 members (excludes halogenated alkanes) is 18. The smallest absolute Gasteiger partial charge is 0.410 e. The van der Waals surface area contributed by atoms with Gasteiger partial charge in [0.15, 0.2) is 0 Å². The van der Waals surface area contributed by atoms with Gasteiger partial charge in [0.25, 0.3) is 0 Å². The van der Waals surface area contributed by atoms with Crippen LogP contribution in [0.4, 0.5) is 14.4 Å². The van der Waals surface area contributed by atoms with Crippen LogP contribution in [-0.4, -0.2) is 463 Å². The predicted octanol–water partition coefficient (Wildman–Crippen LogP) is -2.81. The lowest BCUT2D eigenvalue weighted by Gasteiger charge is -2.41. The Morgan fingerprint density at radius 1 is 0.316 bits per heavy atom. The number of hydrogen-bond acceptors (Lipinski definition) is 35. The number of likely N-dealkylation sites (N-methyl/N-ethyl adjacent to an activating group) is 4. The van der Waals surface area contributed by atoms with Gasteiger partial charge < -0.3 is 162 Å². The summed E-state index contributed by atoms with van der Waals surface area (Å²) in [6.07, 6.45) is 9.93. The number of alkyl carbamates (subject to hydrolysis) is 1. The average Bonchev–Trinajstić information content (AvgIpc) is 0.821. The zero-order chi connectivity index (χ0) is 92.0. The molecule has 0 aromatic carbocycles. The van der Waals surface area contributed by atoms with Crippen molar-refractivity contribution in [2.24, 2.45) is 0 Å². The molecule has 3 amide bonds. The van der Waals surface area contributed by atoms with Gasteiger partial charge in [0.1, 0.15) is 64.5 Å². The van der Waals surface area contributed by atoms with E-state index < -0.39 is 211 Å². The first-order valence-electron chi connectivity index (χ1n) is 41.1. The van der Waals surface area contributed by atoms with Gasteiger partial charge in [-0.25, -0.2) is 14.4 Å². The van der Waals surface area contributed by atoms with E-state index >= 15 is 0 Å². The lowest BCUT2D eigenvalue weighted by Crippen LogP contribution is -2.60. The highest BCUT2D eigenvalue weighted by Crippen LogP contribution is 2.23. The minimum Gasteiger partial charge on any atom is -0.444 e. The Morgan fingerprint density at radius 3 is 0.829 bits per heavy atom. The van der Waals surface area contributed by atoms with Gasteiger partial charge in [0.05, 0.1) is 141 Å². The average molecular weight is 1720 g/mol. The third-order valence-corrected chi connectivity index (χ3v) is 18.8. The summed E-state index contributed by atoms with van der Waals surface area (Å²) in [5.41, 5.74) is -7.27. The van der Waals surface area contributed by atoms with Gasteiger partial charge in [-0.2, -0.15) is 0 Å². The molecule has 117 heavy (non-hydrogen) atoms. The summed E-state index contributed by atoms with van der Waals surface area (Å²) in [6.45, 7) is 13.5. The molecule has 8 atom stereocenters. The number of carbonyl (C=O) groups excluding carboxylic acids is 3. The second kappa shape index (κ2) is 70.0. The van der Waals surface area contributed by atoms with E-state index in [1.807, 2.05) is 20.8 Å². The summed E-state index contributed by atoms with van der Waals surface area (Å²) in [6, 6.07) is -0.589. The minimum absolute atomic E-state index is 0.0321. The molecule has 0 saturated heterocycles. The van der Waals surface area contributed by atoms with Crippen LogP contribution in [0, 0.1) is 0 Å². The summed E-state index contributed by atoms with van der Waals surface area (Å²) in [7, 11) is 9.89. The van der Waals surface area contributed by atoms with Crippen LogP contribution in [0.25, 0.3) is 0 Å². The molecule has 0 saturated carbocycles. The molecular weight excluding hydrogens is 1540 g/mol. The molecule has 0 rings (SSSR count). The highest BCUT2D eigenvalue weighted by molar-refractivity contribution is 5.70. The van der Waals surface area contributed by atoms with Crippen molar-refractivity contribution in [1.29, 1.82) is 0 Å². The van der Waals surface area contributed by atoms with Crippen LogP contribution < -0.4 is 5.32 Å². The second-order valence-electron chi connectivity index (χ2n) is 33.7. The van der Waals surface area contributed by atoms with E-state index in [0.29, 0.717) is 13.1 Å². The molecule has 0 spiro atoms. The first-order valence-corrected chi connectivity index (χ1v) is 41.1. The quantitative estimate of drug-likeness (QED) is 0.0216. The first-order chi connectivity index (χ1) is 54.5. The Bertz CT molecular complexity index is 2200. The zero-order valence-electron chi connectivity index (χ0n) is 74.3. The third-order valence-electron chi connectivity index (χ3n) is 18.8. The van der Waals surface area contributed by atoms with Crippen molar-refractivity contribution in [3.63, 3.8) is 0 Å². The molecule has 708 valence electrons. The molecule has 0 aliphatic heterocycles. The maximum absolute atomic E-state index is 12.5. The molecule has 0 fully saturated rings. The van der Waals surface area contributed by atoms with E-state index in [1.54, 1.807) is 93.6 Å². The second-order valence-corrected chi connectivity index (χ2v) is 33.7. The topological polar surface area (TPSA) is 616 Å². The summed E-state index contributed by atoms with van der Waals surface area (Å²) < 4.78 is 15.7. The molecule has 8 unspecified atom stereocenters. The van der Waals surface area contributed by atoms with Crippen LogP contribution in [0.15, 0.2) is 0 Å². The number of rotatable bonds is 57. The van der Waals surface area contributed by atoms with Crippen LogP contribution >= 0.6 is 0 Å². The molecule has 0 aromatic heterocycles. The molecule has 38 nitrogen and oxygen atoms in total. The van der Waals surface area contributed by atoms with Crippen LogP contribution in [0.3, 0.4) is 0 Å². The standard InChI is InChI=1S/C21H43NO5.C20H41NO4.C13H30N2O7.C9H19NO5.2C8H19NO5/c1-5-6-7-8-9-10-11-12-13-14-15-22(19(26)27-20(2,3)4)21(16-23,17-24)18-25;1-5-6-7-8-9-10-11-12-13-14-15-21(18(16-22)17-23)19(24)25-20(2,3)4;1-14(12(5-16,6-17)7-18)3-11(22)4-15(2)13(8-19,9-20)10-21;1-8(2,3)15-7(14)10-9(4-11,5-12)6-13;2*1-9(2)3-5(11)7(13)8(14)6(12)4-10/h23-25H,5-18H2,1-4H3;18,22-23H,5-17H2,1-4H3;11,16-22H,3-10H2,1-2H3;11-13H,4-6H2,1-3H3,(H,10,14);2*5-8,10-14H,3-4H2,1-2H3. The SMILES string of the molecule is CC(C)(C)OC(=O)NC(CO)(CO)CO.CCCCCCCCCCCCN(C(=O)OC(C)(C)C)C(CO)(CO)CO.CCCCCCCCCCCCN(C(=O)OC(C)(C)C)C(CO)CO.CN(C)CC(O)C(O)C(O)C(O)CO.CN(C)CC(O)C(O)C(O)C(O)CO.CN(CC(O)CN(C)C(CO)(CO)CO)C(CO)(CO)CO. The van der Waals surface area contributed by atoms with E-state index in [1.165, 1.54) is 116 Å². The van der Waals surface area contributed by atoms with E-state index in [0.717, 1.165) is 32.1 Å². The highest BCUT2D eigenvalue weighted by Gasteiger charge is 2.42. The van der Waals surface area contributed by atoms with Crippen LogP contribution in [-0.2, 0) is 14.2 Å². The normalized spacial score (nSPS) is 14.4. The van der Waals surface area contributed by atoms with Crippen molar-refractivity contribution < 1.29 is 156 Å². The number of aliphatic hydroxyl groups is 25. The van der Waals surface area contributed by atoms with E-state index in [2.05, 4.69) is 19.2 Å². The zero-order valence-corrected chi connectivity index (χ0v) is 74.3. The van der Waals surface area contributed by atoms with Gasteiger partial charge in [-0.3, -0.25) is 14.7 Å². The van der Waals surface area contributed by atoms with E-state index in [-0.39, 0.29) is 39.4 Å². The monoisotopic (exact) mass is 1710 g/mol. The largest absolute Gasteiger partial charge is 0.444 e. The van der Waals surface area contributed by atoms with Gasteiger partial charge in [-0.15, -0.1) is 0 Å². The van der Waals surface area contributed by atoms with Gasteiger partial charge in [0.2, 0.25) is 0 Å². The molecule has 0 bridgehead atoms. The Balaban J connectivity index is -0.000000322. The van der Waals surface area contributed by atoms with Gasteiger partial charge in [0, 0.05) is 39.3 Å². The molecule has 0 aliphatic carbocycles. The summed E-state index contributed by atoms with van der Waals surface area (Å²) in [5.74, 6) is 0. The predicted molar refractivity (Wildman–Crippen MR) is 443 cm³/mol. The fraction of sp³-hybridized carbons (Fsp3) is 0.962. The Morgan fingerprint density at radius 2 is 0.581 bits per heavy atom. The molecule has 0 aromatic rings. The van der Waals surface area contributed by atoms with Crippen molar-refractivity contribution in [1.82, 2.24) is 34.7 Å². The molecule has 0 radical (unpaired) electrons. The van der Waals surface area contributed by atoms with Crippen molar-refractivity contribution in [3.05, 3.63) is 0 Å². The van der Waals surface area contributed by atoms with Crippen LogP contribution in [0.2, 0.25) is 0 Å². The third kappa shape index (κ3) is 57.7. The lowest BCUT2D eigenvalue weighted by molar-refractivity contribution is -0.117. The van der Waals surface area contributed by atoms with Crippen LogP contribution in [0.5, 0.6) is 0 Å². The minimum atomic E-state index is -1.55. The van der Waals surface area contributed by atoms with Crippen molar-refractivity contribution in [3.8, 4) is 0 Å². The Kier molecular flexibility index (Phi) is 74.4. The number of aliphatic hydroxyl groups excluding tert-OH is 25. The number of nitrogens with zero attached hydrogens (tertiary/aromatic N) is 6. The van der Waals surface area contributed by atoms with Gasteiger partial charge in [-0.1, -0.05) is 129 Å². The van der Waals surface area contributed by atoms with Crippen molar-refractivity contribution in [2.45, 2.75) is 305 Å². The molecular formula is C79H171N7O31. The number of β-amino-alcohol motifs (C(OH)–C–C–N with tert-alkyl or cyclic N) is 1. The fourth-order valence-electron chi connectivity index (χ4n) is 10.8. The van der Waals surface area contributed by atoms with E-state index in [9.17, 15) is 106 Å². The van der Waals surface area contributed by atoms with Crippen molar-refractivity contribution >= 4 is 18.3 Å². The number of hydrogen-bond donors (Lipinski definition) is 26. The number of amides is 3. The molecule has 0 aliphatic rings. The molecule has 26 N–H and O–H groups in total.